The van der Waals surface area contributed by atoms with Gasteiger partial charge in [0, 0.05) is 18.0 Å². The zero-order chi connectivity index (χ0) is 17.7. The molecule has 126 valence electrons. The van der Waals surface area contributed by atoms with Crippen molar-refractivity contribution < 1.29 is 27.9 Å². The predicted molar refractivity (Wildman–Crippen MR) is 82.0 cm³/mol. The van der Waals surface area contributed by atoms with Gasteiger partial charge >= 0.3 is 5.97 Å². The Morgan fingerprint density at radius 1 is 1.17 bits per heavy atom. The molecule has 1 aromatic heterocycles. The maximum Gasteiger partial charge on any atom is 0.339 e. The number of amides is 1. The Morgan fingerprint density at radius 3 is 2.42 bits per heavy atom. The second kappa shape index (κ2) is 7.06. The fourth-order valence-electron chi connectivity index (χ4n) is 1.77. The van der Waals surface area contributed by atoms with Crippen molar-refractivity contribution in [3.63, 3.8) is 0 Å². The topological polar surface area (TPSA) is 135 Å². The lowest BCUT2D eigenvalue weighted by atomic mass is 10.2. The number of nitrogens with one attached hydrogen (secondary N) is 2. The first kappa shape index (κ1) is 17.4. The fraction of sp³-hybridized carbons (Fsp3) is 0.0714. The number of rotatable bonds is 6. The lowest BCUT2D eigenvalue weighted by Gasteiger charge is -2.10. The molecule has 0 saturated carbocycles. The Balaban J connectivity index is 2.20. The van der Waals surface area contributed by atoms with Crippen molar-refractivity contribution >= 4 is 21.9 Å². The summed E-state index contributed by atoms with van der Waals surface area (Å²) in [6.45, 7) is 0. The van der Waals surface area contributed by atoms with E-state index in [9.17, 15) is 18.0 Å². The predicted octanol–water partition coefficient (Wildman–Crippen LogP) is 0.412. The number of ether oxygens (including phenoxy) is 1. The van der Waals surface area contributed by atoms with E-state index in [1.807, 2.05) is 10.3 Å². The van der Waals surface area contributed by atoms with Crippen LogP contribution in [0.1, 0.15) is 20.7 Å². The van der Waals surface area contributed by atoms with Crippen molar-refractivity contribution in [2.45, 2.75) is 4.90 Å². The molecule has 0 aliphatic rings. The van der Waals surface area contributed by atoms with E-state index in [0.717, 1.165) is 12.1 Å². The number of carbonyl (C=O) groups excluding carboxylic acids is 1. The van der Waals surface area contributed by atoms with E-state index in [1.165, 1.54) is 37.7 Å². The smallest absolute Gasteiger partial charge is 0.339 e. The number of hydrogen-bond donors (Lipinski definition) is 3. The molecule has 0 spiro atoms. The first-order chi connectivity index (χ1) is 11.3. The van der Waals surface area contributed by atoms with Crippen molar-refractivity contribution in [3.05, 3.63) is 53.9 Å². The van der Waals surface area contributed by atoms with Crippen LogP contribution in [0.4, 0.5) is 0 Å². The minimum absolute atomic E-state index is 0.0160. The van der Waals surface area contributed by atoms with E-state index >= 15 is 0 Å². The van der Waals surface area contributed by atoms with Crippen LogP contribution in [-0.4, -0.2) is 37.5 Å². The summed E-state index contributed by atoms with van der Waals surface area (Å²) in [4.78, 5) is 28.3. The summed E-state index contributed by atoms with van der Waals surface area (Å²) in [6, 6.07) is 6.11. The summed E-state index contributed by atoms with van der Waals surface area (Å²) in [5.41, 5.74) is 1.92. The van der Waals surface area contributed by atoms with Crippen molar-refractivity contribution in [3.8, 4) is 5.75 Å². The Kier molecular flexibility index (Phi) is 5.11. The van der Waals surface area contributed by atoms with Gasteiger partial charge < -0.3 is 9.84 Å². The van der Waals surface area contributed by atoms with Gasteiger partial charge in [0.25, 0.3) is 15.9 Å². The van der Waals surface area contributed by atoms with Gasteiger partial charge in [0.15, 0.2) is 0 Å². The highest BCUT2D eigenvalue weighted by Gasteiger charge is 2.20. The van der Waals surface area contributed by atoms with Crippen LogP contribution >= 0.6 is 0 Å². The number of sulfonamides is 1. The van der Waals surface area contributed by atoms with E-state index in [-0.39, 0.29) is 21.8 Å². The summed E-state index contributed by atoms with van der Waals surface area (Å²) in [6.07, 6.45) is 2.76. The first-order valence-corrected chi connectivity index (χ1v) is 7.97. The fourth-order valence-corrected chi connectivity index (χ4v) is 2.63. The lowest BCUT2D eigenvalue weighted by molar-refractivity contribution is 0.0692. The van der Waals surface area contributed by atoms with Gasteiger partial charge in [-0.2, -0.15) is 0 Å². The average Bonchev–Trinajstić information content (AvgIpc) is 2.59. The number of aromatic nitrogens is 1. The Bertz CT molecular complexity index is 867. The average molecular weight is 351 g/mol. The molecule has 1 amide bonds. The molecule has 24 heavy (non-hydrogen) atoms. The monoisotopic (exact) mass is 351 g/mol. The van der Waals surface area contributed by atoms with Gasteiger partial charge in [-0.3, -0.25) is 15.2 Å². The third-order valence-corrected chi connectivity index (χ3v) is 4.20. The minimum atomic E-state index is -4.16. The number of carboxylic acid groups (broad SMARTS) is 1. The zero-order valence-electron chi connectivity index (χ0n) is 12.4. The van der Waals surface area contributed by atoms with Gasteiger partial charge in [-0.05, 0) is 30.3 Å². The van der Waals surface area contributed by atoms with Crippen LogP contribution in [0, 0.1) is 0 Å². The van der Waals surface area contributed by atoms with Crippen molar-refractivity contribution in [1.29, 1.82) is 0 Å². The van der Waals surface area contributed by atoms with E-state index in [1.54, 1.807) is 0 Å². The van der Waals surface area contributed by atoms with Crippen LogP contribution in [0.15, 0.2) is 47.6 Å². The van der Waals surface area contributed by atoms with E-state index in [0.29, 0.717) is 0 Å². The molecule has 0 radical (unpaired) electrons. The van der Waals surface area contributed by atoms with Crippen LogP contribution < -0.4 is 15.0 Å². The highest BCUT2D eigenvalue weighted by atomic mass is 32.2. The van der Waals surface area contributed by atoms with Crippen molar-refractivity contribution in [1.82, 2.24) is 15.2 Å². The Labute approximate surface area is 137 Å². The number of carbonyl (C=O) groups is 2. The number of methoxy groups -OCH3 is 1. The van der Waals surface area contributed by atoms with Gasteiger partial charge in [0.2, 0.25) is 0 Å². The number of carboxylic acids is 1. The molecule has 0 unspecified atom stereocenters. The largest absolute Gasteiger partial charge is 0.496 e. The van der Waals surface area contributed by atoms with Crippen LogP contribution in [0.25, 0.3) is 0 Å². The molecule has 0 aliphatic carbocycles. The summed E-state index contributed by atoms with van der Waals surface area (Å²) >= 11 is 0. The van der Waals surface area contributed by atoms with E-state index in [2.05, 4.69) is 4.98 Å². The Morgan fingerprint density at radius 2 is 1.83 bits per heavy atom. The molecule has 0 aliphatic heterocycles. The number of pyridine rings is 1. The standard InChI is InChI=1S/C14H13N3O6S/c1-23-12-3-2-10(8-11(12)14(19)20)24(21,22)17-16-13(18)9-4-6-15-7-5-9/h2-8,17H,1H3,(H,16,18)(H,19,20). The molecule has 1 heterocycles. The number of aromatic carboxylic acids is 1. The van der Waals surface area contributed by atoms with Gasteiger partial charge in [-0.15, -0.1) is 4.83 Å². The molecule has 0 fully saturated rings. The van der Waals surface area contributed by atoms with Gasteiger partial charge in [-0.1, -0.05) is 0 Å². The van der Waals surface area contributed by atoms with Crippen LogP contribution in [0.5, 0.6) is 5.75 Å². The molecule has 2 rings (SSSR count). The van der Waals surface area contributed by atoms with Crippen LogP contribution in [0.3, 0.4) is 0 Å². The Hall–Kier alpha value is -2.98. The molecule has 0 bridgehead atoms. The molecular weight excluding hydrogens is 338 g/mol. The number of hydrogen-bond acceptors (Lipinski definition) is 6. The quantitative estimate of drug-likeness (QED) is 0.642. The molecule has 10 heteroatoms. The first-order valence-electron chi connectivity index (χ1n) is 6.48. The molecule has 2 aromatic rings. The minimum Gasteiger partial charge on any atom is -0.496 e. The highest BCUT2D eigenvalue weighted by Crippen LogP contribution is 2.22. The summed E-state index contributed by atoms with van der Waals surface area (Å²) in [7, 11) is -2.89. The molecule has 0 saturated heterocycles. The zero-order valence-corrected chi connectivity index (χ0v) is 13.2. The van der Waals surface area contributed by atoms with Crippen molar-refractivity contribution in [2.75, 3.05) is 7.11 Å². The van der Waals surface area contributed by atoms with Crippen molar-refractivity contribution in [2.24, 2.45) is 0 Å². The van der Waals surface area contributed by atoms with Crippen LogP contribution in [0.2, 0.25) is 0 Å². The molecule has 1 aromatic carbocycles. The highest BCUT2D eigenvalue weighted by molar-refractivity contribution is 7.89. The third kappa shape index (κ3) is 3.86. The third-order valence-electron chi connectivity index (χ3n) is 2.95. The van der Waals surface area contributed by atoms with Gasteiger partial charge in [0.05, 0.1) is 12.0 Å². The second-order valence-corrected chi connectivity index (χ2v) is 6.15. The summed E-state index contributed by atoms with van der Waals surface area (Å²) in [5.74, 6) is -2.01. The summed E-state index contributed by atoms with van der Waals surface area (Å²) in [5, 5.41) is 9.08. The molecule has 9 nitrogen and oxygen atoms in total. The maximum atomic E-state index is 12.2. The number of benzene rings is 1. The maximum absolute atomic E-state index is 12.2. The van der Waals surface area contributed by atoms with E-state index < -0.39 is 21.9 Å². The second-order valence-electron chi connectivity index (χ2n) is 4.46. The SMILES string of the molecule is COc1ccc(S(=O)(=O)NNC(=O)c2ccncc2)cc1C(=O)O. The van der Waals surface area contributed by atoms with Gasteiger partial charge in [-0.25, -0.2) is 13.2 Å². The number of hydrazine groups is 1. The molecule has 0 atom stereocenters. The molecular formula is C14H13N3O6S. The number of nitrogens with zero attached hydrogens (tertiary/aromatic N) is 1. The van der Waals surface area contributed by atoms with Crippen LogP contribution in [-0.2, 0) is 10.0 Å². The van der Waals surface area contributed by atoms with E-state index in [4.69, 9.17) is 9.84 Å². The summed E-state index contributed by atoms with van der Waals surface area (Å²) < 4.78 is 29.2. The lowest BCUT2D eigenvalue weighted by Crippen LogP contribution is -2.41. The van der Waals surface area contributed by atoms with Gasteiger partial charge in [0.1, 0.15) is 11.3 Å². The normalized spacial score (nSPS) is 10.9. The molecule has 3 N–H and O–H groups in total.